The summed E-state index contributed by atoms with van der Waals surface area (Å²) in [7, 11) is 0. The van der Waals surface area contributed by atoms with E-state index in [1.807, 2.05) is 24.3 Å². The molecule has 0 saturated heterocycles. The van der Waals surface area contributed by atoms with E-state index in [4.69, 9.17) is 4.74 Å². The number of hydrogen-bond acceptors (Lipinski definition) is 3. The summed E-state index contributed by atoms with van der Waals surface area (Å²) < 4.78 is 6.69. The molecule has 4 heteroatoms. The minimum atomic E-state index is -0.621. The van der Waals surface area contributed by atoms with Crippen molar-refractivity contribution in [1.29, 1.82) is 0 Å². The molecule has 2 rings (SSSR count). The Balaban J connectivity index is 2.39. The van der Waals surface area contributed by atoms with Crippen LogP contribution in [0, 0.1) is 0 Å². The van der Waals surface area contributed by atoms with E-state index >= 15 is 0 Å². The minimum Gasteiger partial charge on any atom is -0.457 e. The first-order valence-corrected chi connectivity index (χ1v) is 6.75. The Morgan fingerprint density at radius 2 is 1.89 bits per heavy atom. The Morgan fingerprint density at radius 3 is 2.58 bits per heavy atom. The first-order valence-electron chi connectivity index (χ1n) is 5.96. The highest BCUT2D eigenvalue weighted by molar-refractivity contribution is 9.10. The van der Waals surface area contributed by atoms with Crippen molar-refractivity contribution in [2.24, 2.45) is 0 Å². The topological polar surface area (TPSA) is 49.7 Å². The molecule has 100 valence electrons. The van der Waals surface area contributed by atoms with Gasteiger partial charge in [-0.2, -0.15) is 0 Å². The number of rotatable bonds is 4. The smallest absolute Gasteiger partial charge is 0.134 e. The Kier molecular flexibility index (Phi) is 4.58. The zero-order chi connectivity index (χ0) is 13.8. The highest BCUT2D eigenvalue weighted by Gasteiger charge is 2.12. The van der Waals surface area contributed by atoms with Crippen LogP contribution >= 0.6 is 15.9 Å². The minimum absolute atomic E-state index is 0.0891. The third-order valence-corrected chi connectivity index (χ3v) is 3.28. The molecule has 0 bridgehead atoms. The molecule has 1 unspecified atom stereocenters. The lowest BCUT2D eigenvalue weighted by atomic mass is 10.1. The number of para-hydroxylation sites is 1. The quantitative estimate of drug-likeness (QED) is 0.900. The lowest BCUT2D eigenvalue weighted by Gasteiger charge is -2.15. The first kappa shape index (κ1) is 14.1. The van der Waals surface area contributed by atoms with E-state index in [-0.39, 0.29) is 6.61 Å². The summed E-state index contributed by atoms with van der Waals surface area (Å²) in [6.07, 6.45) is -0.621. The molecule has 0 heterocycles. The van der Waals surface area contributed by atoms with E-state index in [9.17, 15) is 10.2 Å². The number of benzene rings is 2. The molecule has 0 spiro atoms. The van der Waals surface area contributed by atoms with E-state index in [1.165, 1.54) is 0 Å². The maximum absolute atomic E-state index is 9.76. The molecule has 0 radical (unpaired) electrons. The lowest BCUT2D eigenvalue weighted by Crippen LogP contribution is -1.98. The molecule has 19 heavy (non-hydrogen) atoms. The molecule has 1 atom stereocenters. The van der Waals surface area contributed by atoms with E-state index < -0.39 is 6.10 Å². The van der Waals surface area contributed by atoms with Gasteiger partial charge in [0, 0.05) is 15.6 Å². The average molecular weight is 323 g/mol. The van der Waals surface area contributed by atoms with Crippen molar-refractivity contribution >= 4 is 15.9 Å². The van der Waals surface area contributed by atoms with Crippen molar-refractivity contribution in [3.05, 3.63) is 58.1 Å². The highest BCUT2D eigenvalue weighted by atomic mass is 79.9. The summed E-state index contributed by atoms with van der Waals surface area (Å²) >= 11 is 3.38. The maximum atomic E-state index is 9.76. The molecule has 0 aliphatic rings. The van der Waals surface area contributed by atoms with Gasteiger partial charge in [0.1, 0.15) is 11.5 Å². The summed E-state index contributed by atoms with van der Waals surface area (Å²) in [5, 5.41) is 19.0. The van der Waals surface area contributed by atoms with Gasteiger partial charge in [-0.15, -0.1) is 0 Å². The normalized spacial score (nSPS) is 12.2. The van der Waals surface area contributed by atoms with Gasteiger partial charge in [0.25, 0.3) is 0 Å². The van der Waals surface area contributed by atoms with Gasteiger partial charge in [0.15, 0.2) is 0 Å². The van der Waals surface area contributed by atoms with Crippen molar-refractivity contribution in [3.63, 3.8) is 0 Å². The molecule has 2 N–H and O–H groups in total. The third-order valence-electron chi connectivity index (χ3n) is 2.79. The van der Waals surface area contributed by atoms with E-state index in [2.05, 4.69) is 15.9 Å². The first-order chi connectivity index (χ1) is 9.11. The SMILES string of the molecule is CC(O)c1ccc(Br)cc1Oc1ccccc1CO. The van der Waals surface area contributed by atoms with Gasteiger partial charge >= 0.3 is 0 Å². The summed E-state index contributed by atoms with van der Waals surface area (Å²) in [6, 6.07) is 12.7. The molecular weight excluding hydrogens is 308 g/mol. The van der Waals surface area contributed by atoms with Crippen LogP contribution in [0.4, 0.5) is 0 Å². The van der Waals surface area contributed by atoms with Crippen LogP contribution in [0.5, 0.6) is 11.5 Å². The number of aliphatic hydroxyl groups is 2. The second kappa shape index (κ2) is 6.19. The van der Waals surface area contributed by atoms with Crippen LogP contribution in [0.3, 0.4) is 0 Å². The van der Waals surface area contributed by atoms with Crippen LogP contribution in [0.2, 0.25) is 0 Å². The Morgan fingerprint density at radius 1 is 1.16 bits per heavy atom. The van der Waals surface area contributed by atoms with Crippen LogP contribution in [0.15, 0.2) is 46.9 Å². The van der Waals surface area contributed by atoms with E-state index in [0.29, 0.717) is 22.6 Å². The molecule has 0 amide bonds. The predicted octanol–water partition coefficient (Wildman–Crippen LogP) is 3.79. The van der Waals surface area contributed by atoms with Gasteiger partial charge in [-0.25, -0.2) is 0 Å². The largest absolute Gasteiger partial charge is 0.457 e. The van der Waals surface area contributed by atoms with Crippen LogP contribution in [-0.2, 0) is 6.61 Å². The molecular formula is C15H15BrO3. The maximum Gasteiger partial charge on any atom is 0.134 e. The zero-order valence-electron chi connectivity index (χ0n) is 10.5. The van der Waals surface area contributed by atoms with Crippen molar-refractivity contribution in [1.82, 2.24) is 0 Å². The van der Waals surface area contributed by atoms with Crippen LogP contribution in [0.25, 0.3) is 0 Å². The average Bonchev–Trinajstić information content (AvgIpc) is 2.39. The zero-order valence-corrected chi connectivity index (χ0v) is 12.1. The standard InChI is InChI=1S/C15H15BrO3/c1-10(18)13-7-6-12(16)8-15(13)19-14-5-3-2-4-11(14)9-17/h2-8,10,17-18H,9H2,1H3. The van der Waals surface area contributed by atoms with Gasteiger partial charge < -0.3 is 14.9 Å². The molecule has 0 aromatic heterocycles. The lowest BCUT2D eigenvalue weighted by molar-refractivity contribution is 0.195. The summed E-state index contributed by atoms with van der Waals surface area (Å²) in [6.45, 7) is 1.60. The second-order valence-electron chi connectivity index (χ2n) is 4.23. The Hall–Kier alpha value is -1.36. The fraction of sp³-hybridized carbons (Fsp3) is 0.200. The molecule has 2 aromatic rings. The highest BCUT2D eigenvalue weighted by Crippen LogP contribution is 2.33. The van der Waals surface area contributed by atoms with Gasteiger partial charge in [-0.3, -0.25) is 0 Å². The van der Waals surface area contributed by atoms with Crippen LogP contribution in [-0.4, -0.2) is 10.2 Å². The molecule has 0 aliphatic heterocycles. The molecule has 0 saturated carbocycles. The fourth-order valence-electron chi connectivity index (χ4n) is 1.79. The van der Waals surface area contributed by atoms with Crippen molar-refractivity contribution in [2.45, 2.75) is 19.6 Å². The number of hydrogen-bond donors (Lipinski definition) is 2. The monoisotopic (exact) mass is 322 g/mol. The summed E-state index contributed by atoms with van der Waals surface area (Å²) in [5.74, 6) is 1.16. The van der Waals surface area contributed by atoms with Crippen LogP contribution in [0.1, 0.15) is 24.2 Å². The molecule has 0 fully saturated rings. The predicted molar refractivity (Wildman–Crippen MR) is 77.2 cm³/mol. The summed E-state index contributed by atoms with van der Waals surface area (Å²) in [4.78, 5) is 0. The number of ether oxygens (including phenoxy) is 1. The molecule has 2 aromatic carbocycles. The van der Waals surface area contributed by atoms with Crippen molar-refractivity contribution in [3.8, 4) is 11.5 Å². The second-order valence-corrected chi connectivity index (χ2v) is 5.14. The number of aliphatic hydroxyl groups excluding tert-OH is 2. The Labute approximate surface area is 120 Å². The summed E-state index contributed by atoms with van der Waals surface area (Å²) in [5.41, 5.74) is 1.41. The van der Waals surface area contributed by atoms with Crippen molar-refractivity contribution in [2.75, 3.05) is 0 Å². The van der Waals surface area contributed by atoms with Crippen LogP contribution < -0.4 is 4.74 Å². The molecule has 0 aliphatic carbocycles. The third kappa shape index (κ3) is 3.35. The molecule has 3 nitrogen and oxygen atoms in total. The fourth-order valence-corrected chi connectivity index (χ4v) is 2.13. The van der Waals surface area contributed by atoms with Gasteiger partial charge in [-0.05, 0) is 25.1 Å². The van der Waals surface area contributed by atoms with Crippen molar-refractivity contribution < 1.29 is 14.9 Å². The van der Waals surface area contributed by atoms with E-state index in [1.54, 1.807) is 25.1 Å². The number of halogens is 1. The van der Waals surface area contributed by atoms with Gasteiger partial charge in [0.05, 0.1) is 12.7 Å². The van der Waals surface area contributed by atoms with Gasteiger partial charge in [0.2, 0.25) is 0 Å². The Bertz CT molecular complexity index is 567. The van der Waals surface area contributed by atoms with Gasteiger partial charge in [-0.1, -0.05) is 40.2 Å². The van der Waals surface area contributed by atoms with E-state index in [0.717, 1.165) is 4.47 Å².